The third kappa shape index (κ3) is 1.30. The van der Waals surface area contributed by atoms with Gasteiger partial charge in [-0.1, -0.05) is 23.2 Å². The Balaban J connectivity index is 2.22. The van der Waals surface area contributed by atoms with E-state index in [1.165, 1.54) is 6.33 Å². The zero-order valence-corrected chi connectivity index (χ0v) is 8.29. The van der Waals surface area contributed by atoms with Crippen molar-refractivity contribution in [1.29, 1.82) is 0 Å². The predicted molar refractivity (Wildman–Crippen MR) is 58.3 cm³/mol. The van der Waals surface area contributed by atoms with Crippen LogP contribution in [0, 0.1) is 5.21 Å². The molecule has 2 heterocycles. The number of nitrogens with zero attached hydrogens (tertiary/aromatic N) is 3. The molecule has 0 fully saturated rings. The maximum Gasteiger partial charge on any atom is 0.305 e. The molecule has 78 valence electrons. The maximum atomic E-state index is 11.4. The summed E-state index contributed by atoms with van der Waals surface area (Å²) in [6.07, 6.45) is 2.92. The minimum atomic E-state index is 0.355. The van der Waals surface area contributed by atoms with E-state index < -0.39 is 0 Å². The van der Waals surface area contributed by atoms with E-state index in [0.29, 0.717) is 21.7 Å². The highest BCUT2D eigenvalue weighted by molar-refractivity contribution is 5.68. The zero-order chi connectivity index (χ0) is 11.0. The molecule has 0 bridgehead atoms. The van der Waals surface area contributed by atoms with Gasteiger partial charge in [-0.3, -0.25) is 4.98 Å². The van der Waals surface area contributed by atoms with Gasteiger partial charge in [0.25, 0.3) is 0 Å². The molecule has 0 amide bonds. The summed E-state index contributed by atoms with van der Waals surface area (Å²) in [4.78, 5) is 11.2. The Morgan fingerprint density at radius 1 is 1.19 bits per heavy atom. The second-order valence-electron chi connectivity index (χ2n) is 3.40. The molecule has 3 aromatic rings. The van der Waals surface area contributed by atoms with Crippen LogP contribution in [-0.2, 0) is 0 Å². The van der Waals surface area contributed by atoms with E-state index >= 15 is 0 Å². The summed E-state index contributed by atoms with van der Waals surface area (Å²) in [5.41, 5.74) is 1.88. The molecule has 0 unspecified atom stereocenters. The molecule has 16 heavy (non-hydrogen) atoms. The molecule has 0 spiro atoms. The number of imidazole rings is 1. The van der Waals surface area contributed by atoms with E-state index in [9.17, 15) is 5.21 Å². The molecule has 5 nitrogen and oxygen atoms in total. The van der Waals surface area contributed by atoms with Crippen LogP contribution in [-0.4, -0.2) is 15.0 Å². The Hall–Kier alpha value is -2.43. The van der Waals surface area contributed by atoms with Crippen LogP contribution >= 0.6 is 0 Å². The molecule has 0 radical (unpaired) electrons. The van der Waals surface area contributed by atoms with Crippen molar-refractivity contribution in [1.82, 2.24) is 15.0 Å². The Morgan fingerprint density at radius 3 is 2.81 bits per heavy atom. The Bertz CT molecular complexity index is 633. The SMILES string of the molecule is [O-][n+]1c[nH]c2cnc(-c3ccccc3)nc21. The zero-order valence-electron chi connectivity index (χ0n) is 8.29. The van der Waals surface area contributed by atoms with Crippen LogP contribution in [0.2, 0.25) is 0 Å². The predicted octanol–water partition coefficient (Wildman–Crippen LogP) is 1.26. The average Bonchev–Trinajstić information content (AvgIpc) is 2.72. The minimum Gasteiger partial charge on any atom is -0.740 e. The van der Waals surface area contributed by atoms with Crippen molar-refractivity contribution in [2.75, 3.05) is 0 Å². The van der Waals surface area contributed by atoms with Gasteiger partial charge in [-0.25, -0.2) is 9.71 Å². The molecule has 5 heteroatoms. The van der Waals surface area contributed by atoms with Crippen molar-refractivity contribution in [3.8, 4) is 11.4 Å². The maximum absolute atomic E-state index is 11.4. The number of benzene rings is 1. The monoisotopic (exact) mass is 212 g/mol. The van der Waals surface area contributed by atoms with Crippen molar-refractivity contribution < 1.29 is 4.73 Å². The van der Waals surface area contributed by atoms with Gasteiger partial charge in [-0.2, -0.15) is 0 Å². The van der Waals surface area contributed by atoms with Gasteiger partial charge < -0.3 is 5.21 Å². The highest BCUT2D eigenvalue weighted by Gasteiger charge is 2.11. The topological polar surface area (TPSA) is 68.5 Å². The van der Waals surface area contributed by atoms with Gasteiger partial charge in [0.2, 0.25) is 5.82 Å². The van der Waals surface area contributed by atoms with Crippen molar-refractivity contribution in [2.24, 2.45) is 0 Å². The highest BCUT2D eigenvalue weighted by Crippen LogP contribution is 2.14. The van der Waals surface area contributed by atoms with Crippen molar-refractivity contribution in [2.45, 2.75) is 0 Å². The third-order valence-corrected chi connectivity index (χ3v) is 2.35. The van der Waals surface area contributed by atoms with E-state index in [0.717, 1.165) is 5.56 Å². The standard InChI is InChI=1S/C11H8N4O/c16-15-7-13-9-6-12-10(14-11(9)15)8-4-2-1-3-5-8/h1-7,13H. The molecule has 1 N–H and O–H groups in total. The van der Waals surface area contributed by atoms with Gasteiger partial charge in [0.15, 0.2) is 11.8 Å². The van der Waals surface area contributed by atoms with E-state index in [-0.39, 0.29) is 0 Å². The quantitative estimate of drug-likeness (QED) is 0.487. The third-order valence-electron chi connectivity index (χ3n) is 2.35. The molecule has 2 aromatic heterocycles. The summed E-state index contributed by atoms with van der Waals surface area (Å²) >= 11 is 0. The van der Waals surface area contributed by atoms with Crippen molar-refractivity contribution in [3.05, 3.63) is 48.1 Å². The van der Waals surface area contributed by atoms with Crippen molar-refractivity contribution >= 4 is 11.2 Å². The summed E-state index contributed by atoms with van der Waals surface area (Å²) in [6.45, 7) is 0. The lowest BCUT2D eigenvalue weighted by Crippen LogP contribution is -2.23. The number of nitrogens with one attached hydrogen (secondary N) is 1. The molecular formula is C11H8N4O. The van der Waals surface area contributed by atoms with Gasteiger partial charge >= 0.3 is 5.65 Å². The van der Waals surface area contributed by atoms with Crippen LogP contribution < -0.4 is 4.73 Å². The molecule has 0 aliphatic carbocycles. The minimum absolute atomic E-state index is 0.355. The number of hydrogen-bond donors (Lipinski definition) is 1. The molecule has 3 rings (SSSR count). The van der Waals surface area contributed by atoms with E-state index in [2.05, 4.69) is 15.0 Å². The summed E-state index contributed by atoms with van der Waals surface area (Å²) < 4.78 is 0.698. The molecule has 0 atom stereocenters. The lowest BCUT2D eigenvalue weighted by atomic mass is 10.2. The highest BCUT2D eigenvalue weighted by atomic mass is 16.5. The number of aromatic amines is 1. The Kier molecular flexibility index (Phi) is 1.83. The lowest BCUT2D eigenvalue weighted by molar-refractivity contribution is -0.578. The fraction of sp³-hybridized carbons (Fsp3) is 0. The van der Waals surface area contributed by atoms with E-state index in [1.54, 1.807) is 6.20 Å². The van der Waals surface area contributed by atoms with Gasteiger partial charge in [-0.05, 0) is 12.1 Å². The van der Waals surface area contributed by atoms with Crippen LogP contribution in [0.4, 0.5) is 0 Å². The van der Waals surface area contributed by atoms with Crippen LogP contribution in [0.5, 0.6) is 0 Å². The number of rotatable bonds is 1. The summed E-state index contributed by atoms with van der Waals surface area (Å²) in [5, 5.41) is 11.4. The number of H-pyrrole nitrogens is 1. The largest absolute Gasteiger partial charge is 0.740 e. The van der Waals surface area contributed by atoms with E-state index in [4.69, 9.17) is 0 Å². The van der Waals surface area contributed by atoms with E-state index in [1.807, 2.05) is 30.3 Å². The van der Waals surface area contributed by atoms with Gasteiger partial charge in [-0.15, -0.1) is 0 Å². The number of hydrogen-bond acceptors (Lipinski definition) is 3. The Morgan fingerprint density at radius 2 is 2.00 bits per heavy atom. The van der Waals surface area contributed by atoms with Crippen LogP contribution in [0.25, 0.3) is 22.6 Å². The van der Waals surface area contributed by atoms with Crippen LogP contribution in [0.3, 0.4) is 0 Å². The van der Waals surface area contributed by atoms with Gasteiger partial charge in [0.1, 0.15) is 0 Å². The molecule has 0 saturated carbocycles. The second-order valence-corrected chi connectivity index (χ2v) is 3.40. The summed E-state index contributed by atoms with van der Waals surface area (Å²) in [6, 6.07) is 9.55. The number of aromatic nitrogens is 4. The molecular weight excluding hydrogens is 204 g/mol. The molecule has 0 aliphatic heterocycles. The normalized spacial score (nSPS) is 10.8. The lowest BCUT2D eigenvalue weighted by Gasteiger charge is -1.97. The first kappa shape index (κ1) is 8.84. The fourth-order valence-electron chi connectivity index (χ4n) is 1.56. The van der Waals surface area contributed by atoms with Gasteiger partial charge in [0, 0.05) is 5.56 Å². The van der Waals surface area contributed by atoms with Crippen molar-refractivity contribution in [3.63, 3.8) is 0 Å². The smallest absolute Gasteiger partial charge is 0.305 e. The molecule has 0 aliphatic rings. The summed E-state index contributed by atoms with van der Waals surface area (Å²) in [7, 11) is 0. The molecule has 0 saturated heterocycles. The summed E-state index contributed by atoms with van der Waals surface area (Å²) in [5.74, 6) is 0.553. The first-order valence-corrected chi connectivity index (χ1v) is 4.83. The fourth-order valence-corrected chi connectivity index (χ4v) is 1.56. The Labute approximate surface area is 91.0 Å². The average molecular weight is 212 g/mol. The first-order valence-electron chi connectivity index (χ1n) is 4.83. The second kappa shape index (κ2) is 3.30. The number of fused-ring (bicyclic) bond motifs is 1. The van der Waals surface area contributed by atoms with Crippen LogP contribution in [0.15, 0.2) is 42.9 Å². The van der Waals surface area contributed by atoms with Crippen LogP contribution in [0.1, 0.15) is 0 Å². The first-order chi connectivity index (χ1) is 7.84. The molecule has 1 aromatic carbocycles. The van der Waals surface area contributed by atoms with Gasteiger partial charge in [0.05, 0.1) is 6.20 Å².